The highest BCUT2D eigenvalue weighted by molar-refractivity contribution is 5.65. The van der Waals surface area contributed by atoms with E-state index in [2.05, 4.69) is 13.8 Å². The first-order valence-electron chi connectivity index (χ1n) is 7.58. The van der Waals surface area contributed by atoms with Crippen LogP contribution in [-0.2, 0) is 19.0 Å². The number of aliphatic hydroxyl groups excluding tert-OH is 1. The van der Waals surface area contributed by atoms with E-state index in [-0.39, 0.29) is 12.6 Å². The van der Waals surface area contributed by atoms with Gasteiger partial charge in [0.15, 0.2) is 0 Å². The summed E-state index contributed by atoms with van der Waals surface area (Å²) in [6.07, 6.45) is 5.59. The molecule has 0 aromatic heterocycles. The van der Waals surface area contributed by atoms with Crippen LogP contribution in [0.25, 0.3) is 0 Å². The van der Waals surface area contributed by atoms with Gasteiger partial charge in [-0.25, -0.2) is 0 Å². The molecular formula is C15H32O5. The summed E-state index contributed by atoms with van der Waals surface area (Å²) in [6, 6.07) is 0. The van der Waals surface area contributed by atoms with Gasteiger partial charge in [0.25, 0.3) is 0 Å². The lowest BCUT2D eigenvalue weighted by molar-refractivity contribution is -0.141. The molecule has 0 spiro atoms. The van der Waals surface area contributed by atoms with Gasteiger partial charge in [-0.05, 0) is 12.8 Å². The lowest BCUT2D eigenvalue weighted by Crippen LogP contribution is -2.07. The Balaban J connectivity index is 0. The molecule has 0 aromatic rings. The van der Waals surface area contributed by atoms with Crippen molar-refractivity contribution >= 4 is 5.97 Å². The van der Waals surface area contributed by atoms with E-state index in [9.17, 15) is 4.79 Å². The Morgan fingerprint density at radius 3 is 1.95 bits per heavy atom. The van der Waals surface area contributed by atoms with Gasteiger partial charge in [0, 0.05) is 13.5 Å². The fourth-order valence-corrected chi connectivity index (χ4v) is 1.20. The number of aliphatic hydroxyl groups is 1. The van der Waals surface area contributed by atoms with Crippen molar-refractivity contribution in [2.75, 3.05) is 39.6 Å². The predicted molar refractivity (Wildman–Crippen MR) is 79.8 cm³/mol. The van der Waals surface area contributed by atoms with E-state index in [0.717, 1.165) is 32.3 Å². The summed E-state index contributed by atoms with van der Waals surface area (Å²) in [5.74, 6) is -0.175. The van der Waals surface area contributed by atoms with Gasteiger partial charge in [0.1, 0.15) is 0 Å². The van der Waals surface area contributed by atoms with Gasteiger partial charge in [-0.3, -0.25) is 4.79 Å². The Bertz CT molecular complexity index is 177. The Morgan fingerprint density at radius 2 is 1.45 bits per heavy atom. The van der Waals surface area contributed by atoms with E-state index in [1.165, 1.54) is 13.3 Å². The van der Waals surface area contributed by atoms with Crippen molar-refractivity contribution in [3.8, 4) is 0 Å². The fourth-order valence-electron chi connectivity index (χ4n) is 1.20. The number of rotatable bonds is 12. The van der Waals surface area contributed by atoms with E-state index in [0.29, 0.717) is 26.4 Å². The minimum atomic E-state index is -0.175. The second-order valence-electron chi connectivity index (χ2n) is 4.35. The maximum Gasteiger partial charge on any atom is 0.302 e. The summed E-state index contributed by atoms with van der Waals surface area (Å²) < 4.78 is 14.9. The second-order valence-corrected chi connectivity index (χ2v) is 4.35. The summed E-state index contributed by atoms with van der Waals surface area (Å²) in [7, 11) is 0. The molecule has 122 valence electrons. The van der Waals surface area contributed by atoms with Crippen molar-refractivity contribution in [1.82, 2.24) is 0 Å². The molecule has 0 saturated carbocycles. The van der Waals surface area contributed by atoms with E-state index < -0.39 is 0 Å². The molecule has 0 heterocycles. The van der Waals surface area contributed by atoms with Gasteiger partial charge in [-0.2, -0.15) is 0 Å². The Hall–Kier alpha value is -0.650. The van der Waals surface area contributed by atoms with Crippen LogP contribution in [0, 0.1) is 0 Å². The number of carbonyl (C=O) groups excluding carboxylic acids is 1. The number of esters is 1. The van der Waals surface area contributed by atoms with E-state index in [4.69, 9.17) is 19.3 Å². The molecule has 20 heavy (non-hydrogen) atoms. The molecule has 0 saturated heterocycles. The highest BCUT2D eigenvalue weighted by Gasteiger charge is 1.90. The third-order valence-corrected chi connectivity index (χ3v) is 2.30. The molecule has 0 aliphatic rings. The molecule has 0 rings (SSSR count). The van der Waals surface area contributed by atoms with E-state index >= 15 is 0 Å². The topological polar surface area (TPSA) is 65.0 Å². The second kappa shape index (κ2) is 20.7. The minimum Gasteiger partial charge on any atom is -0.466 e. The quantitative estimate of drug-likeness (QED) is 0.442. The molecule has 0 aliphatic heterocycles. The monoisotopic (exact) mass is 292 g/mol. The SMILES string of the molecule is CCCCCOC(C)=O.CCCCOCCOCCO. The number of ether oxygens (including phenoxy) is 3. The van der Waals surface area contributed by atoms with Crippen LogP contribution in [0.3, 0.4) is 0 Å². The molecular weight excluding hydrogens is 260 g/mol. The van der Waals surface area contributed by atoms with Gasteiger partial charge in [0.05, 0.1) is 33.0 Å². The average Bonchev–Trinajstić information content (AvgIpc) is 2.43. The Kier molecular flexibility index (Phi) is 22.4. The molecule has 0 amide bonds. The van der Waals surface area contributed by atoms with Crippen LogP contribution in [0.1, 0.15) is 52.9 Å². The summed E-state index contributed by atoms with van der Waals surface area (Å²) >= 11 is 0. The van der Waals surface area contributed by atoms with Crippen molar-refractivity contribution < 1.29 is 24.1 Å². The van der Waals surface area contributed by atoms with Crippen LogP contribution in [0.4, 0.5) is 0 Å². The first-order chi connectivity index (χ1) is 9.68. The predicted octanol–water partition coefficient (Wildman–Crippen LogP) is 2.55. The number of hydrogen-bond donors (Lipinski definition) is 1. The summed E-state index contributed by atoms with van der Waals surface area (Å²) in [5, 5.41) is 8.34. The zero-order valence-corrected chi connectivity index (χ0v) is 13.4. The van der Waals surface area contributed by atoms with Gasteiger partial charge >= 0.3 is 5.97 Å². The van der Waals surface area contributed by atoms with Crippen LogP contribution in [0.2, 0.25) is 0 Å². The summed E-state index contributed by atoms with van der Waals surface area (Å²) in [6.45, 7) is 8.82. The average molecular weight is 292 g/mol. The summed E-state index contributed by atoms with van der Waals surface area (Å²) in [5.41, 5.74) is 0. The Morgan fingerprint density at radius 1 is 0.850 bits per heavy atom. The van der Waals surface area contributed by atoms with Crippen molar-refractivity contribution in [2.24, 2.45) is 0 Å². The normalized spacial score (nSPS) is 9.80. The van der Waals surface area contributed by atoms with E-state index in [1.54, 1.807) is 0 Å². The third-order valence-electron chi connectivity index (χ3n) is 2.30. The number of hydrogen-bond acceptors (Lipinski definition) is 5. The molecule has 0 radical (unpaired) electrons. The molecule has 5 nitrogen and oxygen atoms in total. The highest BCUT2D eigenvalue weighted by atomic mass is 16.5. The Labute approximate surface area is 123 Å². The van der Waals surface area contributed by atoms with Crippen LogP contribution < -0.4 is 0 Å². The fraction of sp³-hybridized carbons (Fsp3) is 0.933. The van der Waals surface area contributed by atoms with Crippen LogP contribution in [-0.4, -0.2) is 50.7 Å². The van der Waals surface area contributed by atoms with Gasteiger partial charge in [0.2, 0.25) is 0 Å². The van der Waals surface area contributed by atoms with E-state index in [1.807, 2.05) is 0 Å². The molecule has 0 aliphatic carbocycles. The standard InChI is InChI=1S/C8H18O3.C7H14O2/c1-2-3-5-10-7-8-11-6-4-9;1-3-4-5-6-9-7(2)8/h9H,2-8H2,1H3;3-6H2,1-2H3. The maximum absolute atomic E-state index is 10.2. The number of unbranched alkanes of at least 4 members (excludes halogenated alkanes) is 3. The van der Waals surface area contributed by atoms with Crippen molar-refractivity contribution in [3.63, 3.8) is 0 Å². The minimum absolute atomic E-state index is 0.0922. The molecule has 0 aromatic carbocycles. The van der Waals surface area contributed by atoms with Gasteiger partial charge < -0.3 is 19.3 Å². The molecule has 5 heteroatoms. The first kappa shape index (κ1) is 21.6. The van der Waals surface area contributed by atoms with Crippen LogP contribution in [0.5, 0.6) is 0 Å². The zero-order chi connectivity index (χ0) is 15.5. The summed E-state index contributed by atoms with van der Waals surface area (Å²) in [4.78, 5) is 10.2. The third kappa shape index (κ3) is 26.0. The van der Waals surface area contributed by atoms with Crippen LogP contribution in [0.15, 0.2) is 0 Å². The van der Waals surface area contributed by atoms with Crippen molar-refractivity contribution in [1.29, 1.82) is 0 Å². The number of carbonyl (C=O) groups is 1. The zero-order valence-electron chi connectivity index (χ0n) is 13.4. The largest absolute Gasteiger partial charge is 0.466 e. The van der Waals surface area contributed by atoms with Crippen molar-refractivity contribution in [2.45, 2.75) is 52.9 Å². The van der Waals surface area contributed by atoms with Gasteiger partial charge in [-0.15, -0.1) is 0 Å². The lowest BCUT2D eigenvalue weighted by Gasteiger charge is -2.02. The molecule has 1 N–H and O–H groups in total. The molecule has 0 bridgehead atoms. The molecule has 0 atom stereocenters. The molecule has 0 unspecified atom stereocenters. The van der Waals surface area contributed by atoms with Gasteiger partial charge in [-0.1, -0.05) is 33.1 Å². The smallest absolute Gasteiger partial charge is 0.302 e. The van der Waals surface area contributed by atoms with Crippen molar-refractivity contribution in [3.05, 3.63) is 0 Å². The molecule has 0 fully saturated rings. The maximum atomic E-state index is 10.2. The first-order valence-corrected chi connectivity index (χ1v) is 7.58. The lowest BCUT2D eigenvalue weighted by atomic mass is 10.3. The van der Waals surface area contributed by atoms with Crippen LogP contribution >= 0.6 is 0 Å². The highest BCUT2D eigenvalue weighted by Crippen LogP contribution is 1.93.